The molecule has 1 heterocycles. The second kappa shape index (κ2) is 9.90. The van der Waals surface area contributed by atoms with Crippen molar-refractivity contribution in [2.45, 2.75) is 45.4 Å². The summed E-state index contributed by atoms with van der Waals surface area (Å²) >= 11 is 0. The molecule has 7 heteroatoms. The van der Waals surface area contributed by atoms with Crippen molar-refractivity contribution in [2.75, 3.05) is 10.6 Å². The first kappa shape index (κ1) is 22.6. The molecule has 3 aromatic rings. The Bertz CT molecular complexity index is 1200. The molecule has 0 aliphatic heterocycles. The fourth-order valence-electron chi connectivity index (χ4n) is 4.49. The largest absolute Gasteiger partial charge is 0.326 e. The number of carbonyl (C=O) groups excluding carboxylic acids is 2. The Morgan fingerprint density at radius 2 is 1.73 bits per heavy atom. The fraction of sp³-hybridized carbons (Fsp3) is 0.346. The topological polar surface area (TPSA) is 85.1 Å². The van der Waals surface area contributed by atoms with E-state index in [4.69, 9.17) is 0 Å². The van der Waals surface area contributed by atoms with Gasteiger partial charge in [-0.2, -0.15) is 0 Å². The first-order valence-corrected chi connectivity index (χ1v) is 11.5. The van der Waals surface area contributed by atoms with E-state index >= 15 is 0 Å². The van der Waals surface area contributed by atoms with Gasteiger partial charge in [0, 0.05) is 24.7 Å². The van der Waals surface area contributed by atoms with Crippen LogP contribution in [-0.2, 0) is 11.8 Å². The Morgan fingerprint density at radius 1 is 1.00 bits per heavy atom. The number of amides is 2. The fourth-order valence-corrected chi connectivity index (χ4v) is 4.49. The average Bonchev–Trinajstić information content (AvgIpc) is 3.41. The molecule has 33 heavy (non-hydrogen) atoms. The molecule has 1 fully saturated rings. The summed E-state index contributed by atoms with van der Waals surface area (Å²) in [4.78, 5) is 38.3. The zero-order valence-electron chi connectivity index (χ0n) is 19.1. The zero-order chi connectivity index (χ0) is 23.4. The summed E-state index contributed by atoms with van der Waals surface area (Å²) in [6, 6.07) is 16.1. The third kappa shape index (κ3) is 5.08. The van der Waals surface area contributed by atoms with Gasteiger partial charge in [0.1, 0.15) is 5.69 Å². The van der Waals surface area contributed by atoms with Gasteiger partial charge in [-0.1, -0.05) is 49.9 Å². The van der Waals surface area contributed by atoms with E-state index in [1.54, 1.807) is 42.9 Å². The number of nitrogens with zero attached hydrogens (tertiary/aromatic N) is 2. The van der Waals surface area contributed by atoms with E-state index in [1.165, 1.54) is 30.4 Å². The van der Waals surface area contributed by atoms with Gasteiger partial charge in [0.15, 0.2) is 0 Å². The maximum atomic E-state index is 13.0. The van der Waals surface area contributed by atoms with Crippen molar-refractivity contribution in [1.82, 2.24) is 9.36 Å². The molecule has 1 saturated carbocycles. The van der Waals surface area contributed by atoms with E-state index in [0.717, 1.165) is 12.1 Å². The minimum absolute atomic E-state index is 0.0379. The lowest BCUT2D eigenvalue weighted by molar-refractivity contribution is -0.116. The summed E-state index contributed by atoms with van der Waals surface area (Å²) in [7, 11) is 1.78. The summed E-state index contributed by atoms with van der Waals surface area (Å²) in [5.41, 5.74) is 2.25. The van der Waals surface area contributed by atoms with Crippen LogP contribution in [0, 0.1) is 12.8 Å². The van der Waals surface area contributed by atoms with Crippen molar-refractivity contribution >= 4 is 23.2 Å². The molecule has 0 atom stereocenters. The van der Waals surface area contributed by atoms with Gasteiger partial charge in [-0.25, -0.2) is 4.68 Å². The Balaban J connectivity index is 1.46. The smallest absolute Gasteiger partial charge is 0.295 e. The number of para-hydroxylation sites is 1. The molecule has 0 radical (unpaired) electrons. The number of nitrogens with one attached hydrogen (secondary N) is 2. The Hall–Kier alpha value is -3.61. The summed E-state index contributed by atoms with van der Waals surface area (Å²) in [5, 5.41) is 5.66. The van der Waals surface area contributed by atoms with Crippen LogP contribution in [0.3, 0.4) is 0 Å². The van der Waals surface area contributed by atoms with Gasteiger partial charge < -0.3 is 10.6 Å². The highest BCUT2D eigenvalue weighted by molar-refractivity contribution is 6.05. The monoisotopic (exact) mass is 446 g/mol. The van der Waals surface area contributed by atoms with Gasteiger partial charge in [-0.3, -0.25) is 19.1 Å². The molecule has 2 N–H and O–H groups in total. The molecule has 0 bridgehead atoms. The standard InChI is InChI=1S/C26H30N4O3/c1-18-24(26(33)30(29(18)2)22-13-4-3-5-14-22)28-25(32)20-11-8-12-21(17-20)27-23(31)16-15-19-9-6-7-10-19/h3-5,8,11-14,17,19H,6-7,9-10,15-16H2,1-2H3,(H,27,31)(H,28,32). The molecule has 2 amide bonds. The van der Waals surface area contributed by atoms with E-state index in [-0.39, 0.29) is 17.2 Å². The number of hydrogen-bond donors (Lipinski definition) is 2. The third-order valence-corrected chi connectivity index (χ3v) is 6.46. The highest BCUT2D eigenvalue weighted by Crippen LogP contribution is 2.28. The number of carbonyl (C=O) groups is 2. The van der Waals surface area contributed by atoms with E-state index in [9.17, 15) is 14.4 Å². The van der Waals surface area contributed by atoms with Crippen LogP contribution in [-0.4, -0.2) is 21.2 Å². The van der Waals surface area contributed by atoms with Gasteiger partial charge in [0.2, 0.25) is 5.91 Å². The Labute approximate surface area is 193 Å². The molecule has 4 rings (SSSR count). The number of hydrogen-bond acceptors (Lipinski definition) is 3. The van der Waals surface area contributed by atoms with Crippen molar-refractivity contribution in [3.8, 4) is 5.69 Å². The number of aromatic nitrogens is 2. The van der Waals surface area contributed by atoms with Crippen molar-refractivity contribution in [2.24, 2.45) is 13.0 Å². The quantitative estimate of drug-likeness (QED) is 0.554. The van der Waals surface area contributed by atoms with Crippen molar-refractivity contribution < 1.29 is 9.59 Å². The van der Waals surface area contributed by atoms with Gasteiger partial charge in [-0.05, 0) is 49.6 Å². The SMILES string of the molecule is Cc1c(NC(=O)c2cccc(NC(=O)CCC3CCCC3)c2)c(=O)n(-c2ccccc2)n1C. The van der Waals surface area contributed by atoms with Crippen molar-refractivity contribution in [3.63, 3.8) is 0 Å². The van der Waals surface area contributed by atoms with Gasteiger partial charge in [0.25, 0.3) is 11.5 Å². The molecule has 1 aliphatic carbocycles. The van der Waals surface area contributed by atoms with Gasteiger partial charge in [-0.15, -0.1) is 0 Å². The van der Waals surface area contributed by atoms with Gasteiger partial charge >= 0.3 is 0 Å². The normalized spacial score (nSPS) is 13.8. The minimum Gasteiger partial charge on any atom is -0.326 e. The molecule has 0 saturated heterocycles. The van der Waals surface area contributed by atoms with E-state index in [1.807, 2.05) is 30.3 Å². The van der Waals surface area contributed by atoms with Crippen LogP contribution in [0.25, 0.3) is 5.69 Å². The zero-order valence-corrected chi connectivity index (χ0v) is 19.1. The summed E-state index contributed by atoms with van der Waals surface area (Å²) < 4.78 is 3.24. The molecule has 172 valence electrons. The van der Waals surface area contributed by atoms with Crippen LogP contribution >= 0.6 is 0 Å². The van der Waals surface area contributed by atoms with Crippen molar-refractivity contribution in [3.05, 3.63) is 76.2 Å². The highest BCUT2D eigenvalue weighted by Gasteiger charge is 2.19. The molecule has 2 aromatic carbocycles. The van der Waals surface area contributed by atoms with Crippen LogP contribution in [0.5, 0.6) is 0 Å². The Morgan fingerprint density at radius 3 is 2.45 bits per heavy atom. The second-order valence-corrected chi connectivity index (χ2v) is 8.71. The summed E-state index contributed by atoms with van der Waals surface area (Å²) in [5.74, 6) is 0.217. The average molecular weight is 447 g/mol. The van der Waals surface area contributed by atoms with E-state index < -0.39 is 5.91 Å². The molecule has 1 aliphatic rings. The highest BCUT2D eigenvalue weighted by atomic mass is 16.2. The summed E-state index contributed by atoms with van der Waals surface area (Å²) in [6.45, 7) is 1.79. The van der Waals surface area contributed by atoms with Crippen LogP contribution < -0.4 is 16.2 Å². The predicted octanol–water partition coefficient (Wildman–Crippen LogP) is 4.65. The molecule has 7 nitrogen and oxygen atoms in total. The lowest BCUT2D eigenvalue weighted by atomic mass is 10.0. The first-order chi connectivity index (χ1) is 15.9. The summed E-state index contributed by atoms with van der Waals surface area (Å²) in [6.07, 6.45) is 6.36. The van der Waals surface area contributed by atoms with Crippen LogP contribution in [0.1, 0.15) is 54.6 Å². The van der Waals surface area contributed by atoms with E-state index in [0.29, 0.717) is 29.3 Å². The minimum atomic E-state index is -0.400. The molecular weight excluding hydrogens is 416 g/mol. The van der Waals surface area contributed by atoms with Gasteiger partial charge in [0.05, 0.1) is 11.4 Å². The van der Waals surface area contributed by atoms with Crippen molar-refractivity contribution in [1.29, 1.82) is 0 Å². The Kier molecular flexibility index (Phi) is 6.77. The first-order valence-electron chi connectivity index (χ1n) is 11.5. The van der Waals surface area contributed by atoms with E-state index in [2.05, 4.69) is 10.6 Å². The maximum absolute atomic E-state index is 13.0. The predicted molar refractivity (Wildman–Crippen MR) is 130 cm³/mol. The van der Waals surface area contributed by atoms with Crippen LogP contribution in [0.2, 0.25) is 0 Å². The molecule has 0 unspecified atom stereocenters. The molecular formula is C26H30N4O3. The maximum Gasteiger partial charge on any atom is 0.295 e. The molecule has 0 spiro atoms. The third-order valence-electron chi connectivity index (χ3n) is 6.46. The second-order valence-electron chi connectivity index (χ2n) is 8.71. The van der Waals surface area contributed by atoms with Crippen LogP contribution in [0.15, 0.2) is 59.4 Å². The van der Waals surface area contributed by atoms with Crippen LogP contribution in [0.4, 0.5) is 11.4 Å². The lowest BCUT2D eigenvalue weighted by Gasteiger charge is -2.10. The number of rotatable bonds is 7. The number of benzene rings is 2. The molecule has 1 aromatic heterocycles. The lowest BCUT2D eigenvalue weighted by Crippen LogP contribution is -2.23. The number of anilines is 2.